The van der Waals surface area contributed by atoms with Crippen molar-refractivity contribution in [1.82, 2.24) is 9.47 Å². The Hall–Kier alpha value is -3.81. The molecule has 1 amide bonds. The van der Waals surface area contributed by atoms with Gasteiger partial charge in [0.1, 0.15) is 17.5 Å². The summed E-state index contributed by atoms with van der Waals surface area (Å²) in [4.78, 5) is 26.8. The number of methoxy groups -OCH3 is 2. The van der Waals surface area contributed by atoms with E-state index in [1.165, 1.54) is 20.3 Å². The van der Waals surface area contributed by atoms with Crippen molar-refractivity contribution in [2.75, 3.05) is 20.8 Å². The summed E-state index contributed by atoms with van der Waals surface area (Å²) in [6, 6.07) is 14.8. The quantitative estimate of drug-likeness (QED) is 0.458. The molecule has 0 fully saturated rings. The van der Waals surface area contributed by atoms with Crippen molar-refractivity contribution >= 4 is 11.6 Å². The molecule has 2 heterocycles. The topological polar surface area (TPSA) is 86.8 Å². The minimum Gasteiger partial charge on any atom is -0.497 e. The van der Waals surface area contributed by atoms with Crippen LogP contribution in [-0.2, 0) is 6.54 Å². The first-order valence-corrected chi connectivity index (χ1v) is 9.96. The summed E-state index contributed by atoms with van der Waals surface area (Å²) in [5.74, 6) is 0.765. The van der Waals surface area contributed by atoms with Crippen LogP contribution in [0.1, 0.15) is 34.1 Å². The third-order valence-electron chi connectivity index (χ3n) is 5.54. The number of hydrogen-bond acceptors (Lipinski definition) is 5. The van der Waals surface area contributed by atoms with Gasteiger partial charge in [0.05, 0.1) is 24.7 Å². The fourth-order valence-corrected chi connectivity index (χ4v) is 4.11. The Labute approximate surface area is 179 Å². The second-order valence-electron chi connectivity index (χ2n) is 7.30. The molecule has 1 aromatic heterocycles. The van der Waals surface area contributed by atoms with Crippen molar-refractivity contribution in [3.63, 3.8) is 0 Å². The Bertz CT molecular complexity index is 1100. The second kappa shape index (κ2) is 8.51. The van der Waals surface area contributed by atoms with Gasteiger partial charge in [-0.1, -0.05) is 12.1 Å². The molecule has 0 bridgehead atoms. The van der Waals surface area contributed by atoms with Crippen LogP contribution < -0.4 is 9.47 Å². The molecule has 160 valence electrons. The fraction of sp³-hybridized carbons (Fsp3) is 0.261. The lowest BCUT2D eigenvalue weighted by atomic mass is 9.99. The Balaban J connectivity index is 1.86. The molecule has 1 unspecified atom stereocenters. The van der Waals surface area contributed by atoms with Gasteiger partial charge in [-0.05, 0) is 36.8 Å². The normalized spacial score (nSPS) is 15.7. The van der Waals surface area contributed by atoms with Crippen LogP contribution >= 0.6 is 0 Å². The molecular formula is C23H23N3O5. The first-order valence-electron chi connectivity index (χ1n) is 9.96. The molecule has 0 saturated heterocycles. The minimum absolute atomic E-state index is 0.0110. The van der Waals surface area contributed by atoms with Gasteiger partial charge in [0.25, 0.3) is 11.6 Å². The van der Waals surface area contributed by atoms with E-state index in [2.05, 4.69) is 4.57 Å². The van der Waals surface area contributed by atoms with Gasteiger partial charge in [-0.25, -0.2) is 0 Å². The Kier molecular flexibility index (Phi) is 5.62. The van der Waals surface area contributed by atoms with Gasteiger partial charge in [-0.3, -0.25) is 14.9 Å². The highest BCUT2D eigenvalue weighted by molar-refractivity contribution is 5.95. The highest BCUT2D eigenvalue weighted by Gasteiger charge is 2.35. The molecule has 3 aromatic rings. The predicted octanol–water partition coefficient (Wildman–Crippen LogP) is 4.05. The molecule has 0 N–H and O–H groups in total. The molecule has 0 radical (unpaired) electrons. The zero-order valence-corrected chi connectivity index (χ0v) is 17.4. The molecule has 1 atom stereocenters. The number of nitrogens with zero attached hydrogens (tertiary/aromatic N) is 3. The van der Waals surface area contributed by atoms with E-state index in [1.807, 2.05) is 18.3 Å². The lowest BCUT2D eigenvalue weighted by Crippen LogP contribution is -2.36. The van der Waals surface area contributed by atoms with Gasteiger partial charge in [0, 0.05) is 42.7 Å². The number of rotatable bonds is 5. The number of hydrogen-bond donors (Lipinski definition) is 0. The van der Waals surface area contributed by atoms with Crippen LogP contribution in [0.15, 0.2) is 60.8 Å². The molecule has 8 nitrogen and oxygen atoms in total. The number of fused-ring (bicyclic) bond motifs is 1. The molecule has 4 rings (SSSR count). The third kappa shape index (κ3) is 3.84. The number of para-hydroxylation sites is 1. The van der Waals surface area contributed by atoms with Gasteiger partial charge < -0.3 is 18.9 Å². The van der Waals surface area contributed by atoms with Crippen molar-refractivity contribution in [2.24, 2.45) is 0 Å². The van der Waals surface area contributed by atoms with Gasteiger partial charge in [0.15, 0.2) is 0 Å². The van der Waals surface area contributed by atoms with Crippen LogP contribution in [0.2, 0.25) is 0 Å². The SMILES string of the molecule is COc1cc(OC)cc(C(=O)N2CCCn3cccc3C2c2ccccc2[N+](=O)[O-])c1. The molecule has 2 aromatic carbocycles. The zero-order valence-electron chi connectivity index (χ0n) is 17.4. The van der Waals surface area contributed by atoms with Crippen LogP contribution in [0.25, 0.3) is 0 Å². The smallest absolute Gasteiger partial charge is 0.275 e. The van der Waals surface area contributed by atoms with Crippen LogP contribution in [0, 0.1) is 10.1 Å². The van der Waals surface area contributed by atoms with Crippen LogP contribution in [0.5, 0.6) is 11.5 Å². The van der Waals surface area contributed by atoms with E-state index in [9.17, 15) is 14.9 Å². The number of amides is 1. The highest BCUT2D eigenvalue weighted by atomic mass is 16.6. The first-order chi connectivity index (χ1) is 15.0. The number of carbonyl (C=O) groups excluding carboxylic acids is 1. The van der Waals surface area contributed by atoms with Gasteiger partial charge >= 0.3 is 0 Å². The maximum Gasteiger partial charge on any atom is 0.275 e. The number of aromatic nitrogens is 1. The number of benzene rings is 2. The van der Waals surface area contributed by atoms with Crippen LogP contribution in [-0.4, -0.2) is 41.1 Å². The molecule has 0 spiro atoms. The second-order valence-corrected chi connectivity index (χ2v) is 7.30. The van der Waals surface area contributed by atoms with E-state index < -0.39 is 11.0 Å². The van der Waals surface area contributed by atoms with E-state index in [1.54, 1.807) is 41.3 Å². The maximum atomic E-state index is 13.7. The summed E-state index contributed by atoms with van der Waals surface area (Å²) >= 11 is 0. The van der Waals surface area contributed by atoms with Crippen molar-refractivity contribution in [3.05, 3.63) is 87.7 Å². The fourth-order valence-electron chi connectivity index (χ4n) is 4.11. The lowest BCUT2D eigenvalue weighted by Gasteiger charge is -2.30. The standard InChI is InChI=1S/C23H23N3O5/c1-30-17-13-16(14-18(15-17)31-2)23(27)25-12-6-11-24-10-5-9-21(24)22(25)19-7-3-4-8-20(19)26(28)29/h3-5,7-10,13-15,22H,6,11-12H2,1-2H3. The molecule has 0 saturated carbocycles. The van der Waals surface area contributed by atoms with Gasteiger partial charge in [-0.15, -0.1) is 0 Å². The van der Waals surface area contributed by atoms with Crippen LogP contribution in [0.3, 0.4) is 0 Å². The summed E-state index contributed by atoms with van der Waals surface area (Å²) in [5, 5.41) is 11.8. The highest BCUT2D eigenvalue weighted by Crippen LogP contribution is 2.38. The zero-order chi connectivity index (χ0) is 22.0. The maximum absolute atomic E-state index is 13.7. The summed E-state index contributed by atoms with van der Waals surface area (Å²) in [6.07, 6.45) is 2.67. The Morgan fingerprint density at radius 3 is 2.42 bits per heavy atom. The predicted molar refractivity (Wildman–Crippen MR) is 115 cm³/mol. The summed E-state index contributed by atoms with van der Waals surface area (Å²) in [7, 11) is 3.05. The number of aryl methyl sites for hydroxylation is 1. The summed E-state index contributed by atoms with van der Waals surface area (Å²) < 4.78 is 12.7. The van der Waals surface area contributed by atoms with E-state index in [-0.39, 0.29) is 11.6 Å². The number of nitro groups is 1. The third-order valence-corrected chi connectivity index (χ3v) is 5.54. The van der Waals surface area contributed by atoms with Gasteiger partial charge in [0.2, 0.25) is 0 Å². The monoisotopic (exact) mass is 421 g/mol. The molecule has 1 aliphatic heterocycles. The Morgan fingerprint density at radius 1 is 1.03 bits per heavy atom. The average molecular weight is 421 g/mol. The average Bonchev–Trinajstić information content (AvgIpc) is 3.18. The van der Waals surface area contributed by atoms with Crippen molar-refractivity contribution in [2.45, 2.75) is 19.0 Å². The Morgan fingerprint density at radius 2 is 1.74 bits per heavy atom. The van der Waals surface area contributed by atoms with Crippen LogP contribution in [0.4, 0.5) is 5.69 Å². The lowest BCUT2D eigenvalue weighted by molar-refractivity contribution is -0.385. The summed E-state index contributed by atoms with van der Waals surface area (Å²) in [5.41, 5.74) is 1.72. The number of ether oxygens (including phenoxy) is 2. The van der Waals surface area contributed by atoms with E-state index in [4.69, 9.17) is 9.47 Å². The molecule has 31 heavy (non-hydrogen) atoms. The van der Waals surface area contributed by atoms with E-state index >= 15 is 0 Å². The van der Waals surface area contributed by atoms with Crippen molar-refractivity contribution < 1.29 is 19.2 Å². The first kappa shape index (κ1) is 20.5. The van der Waals surface area contributed by atoms with E-state index in [0.29, 0.717) is 29.2 Å². The minimum atomic E-state index is -0.594. The molecule has 0 aliphatic carbocycles. The largest absolute Gasteiger partial charge is 0.497 e. The molecule has 8 heteroatoms. The van der Waals surface area contributed by atoms with E-state index in [0.717, 1.165) is 18.7 Å². The number of nitro benzene ring substituents is 1. The van der Waals surface area contributed by atoms with Crippen molar-refractivity contribution in [3.8, 4) is 11.5 Å². The summed E-state index contributed by atoms with van der Waals surface area (Å²) in [6.45, 7) is 1.18. The molecule has 1 aliphatic rings. The molecular weight excluding hydrogens is 398 g/mol. The van der Waals surface area contributed by atoms with Crippen molar-refractivity contribution in [1.29, 1.82) is 0 Å². The van der Waals surface area contributed by atoms with Gasteiger partial charge in [-0.2, -0.15) is 0 Å². The number of carbonyl (C=O) groups is 1.